The molecule has 0 aliphatic rings. The molecule has 2 heterocycles. The summed E-state index contributed by atoms with van der Waals surface area (Å²) in [5.41, 5.74) is 8.48. The molecule has 0 unspecified atom stereocenters. The van der Waals surface area contributed by atoms with Crippen molar-refractivity contribution in [3.05, 3.63) is 66.0 Å². The van der Waals surface area contributed by atoms with E-state index in [-0.39, 0.29) is 5.82 Å². The van der Waals surface area contributed by atoms with Crippen LogP contribution in [-0.4, -0.2) is 9.38 Å². The van der Waals surface area contributed by atoms with Crippen LogP contribution >= 0.6 is 0 Å². The van der Waals surface area contributed by atoms with Gasteiger partial charge in [-0.1, -0.05) is 12.1 Å². The molecule has 0 aliphatic heterocycles. The molecule has 0 bridgehead atoms. The number of hydrogen-bond donors (Lipinski definition) is 1. The number of aromatic nitrogens is 2. The van der Waals surface area contributed by atoms with Gasteiger partial charge in [0, 0.05) is 18.3 Å². The van der Waals surface area contributed by atoms with Gasteiger partial charge >= 0.3 is 0 Å². The lowest BCUT2D eigenvalue weighted by atomic mass is 10.1. The summed E-state index contributed by atoms with van der Waals surface area (Å²) >= 11 is 0. The largest absolute Gasteiger partial charge is 0.398 e. The van der Waals surface area contributed by atoms with Crippen LogP contribution in [0.3, 0.4) is 0 Å². The zero-order valence-corrected chi connectivity index (χ0v) is 10.4. The molecule has 3 nitrogen and oxygen atoms in total. The number of nitrogens with zero attached hydrogens (tertiary/aromatic N) is 2. The summed E-state index contributed by atoms with van der Waals surface area (Å²) in [5, 5.41) is 0. The van der Waals surface area contributed by atoms with E-state index in [4.69, 9.17) is 5.73 Å². The number of fused-ring (bicyclic) bond motifs is 1. The number of halogens is 1. The van der Waals surface area contributed by atoms with Crippen LogP contribution in [0, 0.1) is 5.82 Å². The highest BCUT2D eigenvalue weighted by molar-refractivity contribution is 5.52. The fourth-order valence-corrected chi connectivity index (χ4v) is 2.19. The Labute approximate surface area is 110 Å². The molecule has 0 saturated heterocycles. The monoisotopic (exact) mass is 255 g/mol. The van der Waals surface area contributed by atoms with Crippen LogP contribution in [0.1, 0.15) is 11.4 Å². The maximum atomic E-state index is 13.1. The number of benzene rings is 1. The Balaban J connectivity index is 1.84. The van der Waals surface area contributed by atoms with E-state index in [9.17, 15) is 4.39 Å². The molecular formula is C15H14FN3. The maximum Gasteiger partial charge on any atom is 0.123 e. The molecule has 96 valence electrons. The van der Waals surface area contributed by atoms with Crippen LogP contribution in [0.4, 0.5) is 10.1 Å². The first-order valence-corrected chi connectivity index (χ1v) is 6.18. The Morgan fingerprint density at radius 2 is 2.05 bits per heavy atom. The molecule has 0 saturated carbocycles. The summed E-state index contributed by atoms with van der Waals surface area (Å²) in [7, 11) is 0. The molecular weight excluding hydrogens is 241 g/mol. The third kappa shape index (κ3) is 2.42. The Hall–Kier alpha value is -2.36. The lowest BCUT2D eigenvalue weighted by Gasteiger charge is -2.03. The van der Waals surface area contributed by atoms with Crippen molar-refractivity contribution in [1.82, 2.24) is 9.38 Å². The van der Waals surface area contributed by atoms with E-state index in [0.29, 0.717) is 5.69 Å². The summed E-state index contributed by atoms with van der Waals surface area (Å²) in [5.74, 6) is 0.737. The fourth-order valence-electron chi connectivity index (χ4n) is 2.19. The molecule has 3 aromatic rings. The molecule has 3 rings (SSSR count). The summed E-state index contributed by atoms with van der Waals surface area (Å²) < 4.78 is 15.1. The lowest BCUT2D eigenvalue weighted by Crippen LogP contribution is -1.99. The van der Waals surface area contributed by atoms with Gasteiger partial charge in [-0.05, 0) is 36.2 Å². The number of nitrogen functional groups attached to an aromatic ring is 1. The van der Waals surface area contributed by atoms with Crippen molar-refractivity contribution in [3.63, 3.8) is 0 Å². The zero-order valence-electron chi connectivity index (χ0n) is 10.4. The predicted octanol–water partition coefficient (Wildman–Crippen LogP) is 2.84. The summed E-state index contributed by atoms with van der Waals surface area (Å²) in [4.78, 5) is 4.39. The van der Waals surface area contributed by atoms with Crippen LogP contribution in [0.5, 0.6) is 0 Å². The Morgan fingerprint density at radius 1 is 1.16 bits per heavy atom. The first-order valence-electron chi connectivity index (χ1n) is 6.18. The number of rotatable bonds is 3. The molecule has 0 fully saturated rings. The van der Waals surface area contributed by atoms with E-state index in [1.165, 1.54) is 6.07 Å². The van der Waals surface area contributed by atoms with Crippen LogP contribution in [-0.2, 0) is 12.8 Å². The van der Waals surface area contributed by atoms with Gasteiger partial charge in [0.15, 0.2) is 0 Å². The molecule has 0 spiro atoms. The van der Waals surface area contributed by atoms with Gasteiger partial charge in [-0.3, -0.25) is 0 Å². The molecule has 2 aromatic heterocycles. The van der Waals surface area contributed by atoms with Crippen LogP contribution in [0.15, 0.2) is 48.8 Å². The second kappa shape index (κ2) is 4.72. The van der Waals surface area contributed by atoms with E-state index >= 15 is 0 Å². The van der Waals surface area contributed by atoms with Crippen LogP contribution < -0.4 is 5.73 Å². The number of anilines is 1. The second-order valence-corrected chi connectivity index (χ2v) is 4.56. The van der Waals surface area contributed by atoms with Crippen molar-refractivity contribution < 1.29 is 4.39 Å². The number of pyridine rings is 1. The highest BCUT2D eigenvalue weighted by atomic mass is 19.1. The van der Waals surface area contributed by atoms with Crippen LogP contribution in [0.25, 0.3) is 5.52 Å². The van der Waals surface area contributed by atoms with E-state index < -0.39 is 0 Å². The van der Waals surface area contributed by atoms with E-state index in [1.54, 1.807) is 12.1 Å². The van der Waals surface area contributed by atoms with Gasteiger partial charge < -0.3 is 10.1 Å². The molecule has 0 radical (unpaired) electrons. The fraction of sp³-hybridized carbons (Fsp3) is 0.133. The number of hydrogen-bond acceptors (Lipinski definition) is 2. The van der Waals surface area contributed by atoms with Gasteiger partial charge in [0.25, 0.3) is 0 Å². The van der Waals surface area contributed by atoms with E-state index in [0.717, 1.165) is 29.7 Å². The van der Waals surface area contributed by atoms with E-state index in [1.807, 2.05) is 35.0 Å². The smallest absolute Gasteiger partial charge is 0.123 e. The molecule has 0 aliphatic carbocycles. The maximum absolute atomic E-state index is 13.1. The van der Waals surface area contributed by atoms with Crippen molar-refractivity contribution in [3.8, 4) is 0 Å². The topological polar surface area (TPSA) is 43.3 Å². The molecule has 0 amide bonds. The van der Waals surface area contributed by atoms with E-state index in [2.05, 4.69) is 4.98 Å². The Bertz CT molecular complexity index is 718. The first-order chi connectivity index (χ1) is 9.22. The molecule has 2 N–H and O–H groups in total. The third-order valence-corrected chi connectivity index (χ3v) is 3.15. The summed E-state index contributed by atoms with van der Waals surface area (Å²) in [6.45, 7) is 0. The SMILES string of the molecule is Nc1ccc2cnc(CCc3cccc(F)c3)n2c1. The minimum Gasteiger partial charge on any atom is -0.398 e. The number of imidazole rings is 1. The van der Waals surface area contributed by atoms with Crippen LogP contribution in [0.2, 0.25) is 0 Å². The standard InChI is InChI=1S/C15H14FN3/c16-12-3-1-2-11(8-12)4-7-15-18-9-14-6-5-13(17)10-19(14)15/h1-3,5-6,8-10H,4,7,17H2. The molecule has 1 aromatic carbocycles. The van der Waals surface area contributed by atoms with Crippen molar-refractivity contribution in [1.29, 1.82) is 0 Å². The average Bonchev–Trinajstić information content (AvgIpc) is 2.79. The molecule has 4 heteroatoms. The minimum atomic E-state index is -0.199. The lowest BCUT2D eigenvalue weighted by molar-refractivity contribution is 0.625. The Morgan fingerprint density at radius 3 is 2.89 bits per heavy atom. The van der Waals surface area contributed by atoms with Gasteiger partial charge in [-0.15, -0.1) is 0 Å². The number of aryl methyl sites for hydroxylation is 2. The average molecular weight is 255 g/mol. The minimum absolute atomic E-state index is 0.199. The highest BCUT2D eigenvalue weighted by Gasteiger charge is 2.04. The van der Waals surface area contributed by atoms with Gasteiger partial charge in [-0.25, -0.2) is 9.37 Å². The second-order valence-electron chi connectivity index (χ2n) is 4.56. The number of nitrogens with two attached hydrogens (primary N) is 1. The van der Waals surface area contributed by atoms with Gasteiger partial charge in [0.1, 0.15) is 11.6 Å². The predicted molar refractivity (Wildman–Crippen MR) is 73.4 cm³/mol. The summed E-state index contributed by atoms with van der Waals surface area (Å²) in [6.07, 6.45) is 5.19. The zero-order chi connectivity index (χ0) is 13.2. The Kier molecular flexibility index (Phi) is 2.91. The van der Waals surface area contributed by atoms with Gasteiger partial charge in [0.2, 0.25) is 0 Å². The third-order valence-electron chi connectivity index (χ3n) is 3.15. The molecule has 0 atom stereocenters. The quantitative estimate of drug-likeness (QED) is 0.782. The van der Waals surface area contributed by atoms with Gasteiger partial charge in [0.05, 0.1) is 11.7 Å². The van der Waals surface area contributed by atoms with Crippen molar-refractivity contribution >= 4 is 11.2 Å². The van der Waals surface area contributed by atoms with Gasteiger partial charge in [-0.2, -0.15) is 0 Å². The normalized spacial score (nSPS) is 11.0. The molecule has 19 heavy (non-hydrogen) atoms. The summed E-state index contributed by atoms with van der Waals surface area (Å²) in [6, 6.07) is 10.5. The first kappa shape index (κ1) is 11.7. The highest BCUT2D eigenvalue weighted by Crippen LogP contribution is 2.13. The van der Waals surface area contributed by atoms with Crippen molar-refractivity contribution in [2.75, 3.05) is 5.73 Å². The van der Waals surface area contributed by atoms with Crippen molar-refractivity contribution in [2.45, 2.75) is 12.8 Å². The van der Waals surface area contributed by atoms with Crippen molar-refractivity contribution in [2.24, 2.45) is 0 Å².